The Balaban J connectivity index is 0.000000371. The van der Waals surface area contributed by atoms with Crippen molar-refractivity contribution in [3.63, 3.8) is 0 Å². The molecule has 0 atom stereocenters. The van der Waals surface area contributed by atoms with E-state index in [4.69, 9.17) is 0 Å². The molecule has 0 fully saturated rings. The highest BCUT2D eigenvalue weighted by Gasteiger charge is 1.80. The smallest absolute Gasteiger partial charge is 0.181 e. The Morgan fingerprint density at radius 1 is 1.40 bits per heavy atom. The van der Waals surface area contributed by atoms with Gasteiger partial charge in [0.25, 0.3) is 0 Å². The minimum Gasteiger partial charge on any atom is -0.365 e. The van der Waals surface area contributed by atoms with Crippen molar-refractivity contribution < 1.29 is 0 Å². The largest absolute Gasteiger partial charge is 0.365 e. The van der Waals surface area contributed by atoms with Crippen LogP contribution in [-0.4, -0.2) is 4.98 Å². The quantitative estimate of drug-likeness (QED) is 0.583. The molecule has 0 saturated carbocycles. The van der Waals surface area contributed by atoms with Gasteiger partial charge in [-0.25, -0.2) is 0 Å². The van der Waals surface area contributed by atoms with Crippen LogP contribution in [0.4, 0.5) is 0 Å². The maximum absolute atomic E-state index is 10.5. The van der Waals surface area contributed by atoms with Crippen LogP contribution in [-0.2, 0) is 0 Å². The molecule has 0 bridgehead atoms. The van der Waals surface area contributed by atoms with Gasteiger partial charge in [0.05, 0.1) is 0 Å². The molecule has 0 amide bonds. The van der Waals surface area contributed by atoms with Crippen LogP contribution in [0.15, 0.2) is 23.1 Å². The third-order valence-electron chi connectivity index (χ3n) is 0.917. The van der Waals surface area contributed by atoms with Crippen LogP contribution in [0.25, 0.3) is 0 Å². The molecule has 0 aliphatic heterocycles. The summed E-state index contributed by atoms with van der Waals surface area (Å²) in [4.78, 5) is 13.3. The normalized spacial score (nSPS) is 7.90. The third kappa shape index (κ3) is 3.07. The number of rotatable bonds is 0. The molecule has 1 aromatic rings. The van der Waals surface area contributed by atoms with Gasteiger partial charge >= 0.3 is 0 Å². The summed E-state index contributed by atoms with van der Waals surface area (Å²) in [6, 6.07) is 3.05. The molecule has 2 heteroatoms. The number of nitrogens with one attached hydrogen (secondary N) is 1. The second-order valence-corrected chi connectivity index (χ2v) is 1.71. The number of aryl methyl sites for hydroxylation is 1. The van der Waals surface area contributed by atoms with Crippen molar-refractivity contribution in [2.24, 2.45) is 0 Å². The van der Waals surface area contributed by atoms with Gasteiger partial charge in [-0.2, -0.15) is 0 Å². The number of aromatic amines is 1. The first-order chi connectivity index (χ1) is 4.79. The molecule has 1 heterocycles. The van der Waals surface area contributed by atoms with Gasteiger partial charge in [0.1, 0.15) is 0 Å². The molecule has 1 N–H and O–H groups in total. The van der Waals surface area contributed by atoms with E-state index in [1.165, 1.54) is 6.07 Å². The lowest BCUT2D eigenvalue weighted by Crippen LogP contribution is -1.96. The van der Waals surface area contributed by atoms with E-state index in [1.54, 1.807) is 12.3 Å². The number of hydrogen-bond donors (Lipinski definition) is 1. The first-order valence-corrected chi connectivity index (χ1v) is 3.44. The van der Waals surface area contributed by atoms with Gasteiger partial charge in [-0.3, -0.25) is 4.79 Å². The fourth-order valence-electron chi connectivity index (χ4n) is 0.558. The van der Waals surface area contributed by atoms with Crippen LogP contribution >= 0.6 is 0 Å². The summed E-state index contributed by atoms with van der Waals surface area (Å²) in [5, 5.41) is 0. The number of pyridine rings is 1. The van der Waals surface area contributed by atoms with E-state index in [2.05, 4.69) is 4.98 Å². The summed E-state index contributed by atoms with van der Waals surface area (Å²) in [6.45, 7) is 5.85. The molecule has 0 radical (unpaired) electrons. The predicted octanol–water partition coefficient (Wildman–Crippen LogP) is 1.71. The Kier molecular flexibility index (Phi) is 4.29. The third-order valence-corrected chi connectivity index (χ3v) is 0.917. The minimum atomic E-state index is 0.0567. The van der Waals surface area contributed by atoms with Crippen molar-refractivity contribution in [2.75, 3.05) is 0 Å². The first kappa shape index (κ1) is 8.95. The number of aromatic nitrogens is 1. The summed E-state index contributed by atoms with van der Waals surface area (Å²) >= 11 is 0. The highest BCUT2D eigenvalue weighted by molar-refractivity contribution is 5.00. The predicted molar refractivity (Wildman–Crippen MR) is 43.1 cm³/mol. The molecule has 1 aromatic heterocycles. The van der Waals surface area contributed by atoms with Crippen LogP contribution in [0.2, 0.25) is 0 Å². The number of H-pyrrole nitrogens is 1. The lowest BCUT2D eigenvalue weighted by molar-refractivity contribution is 1.18. The maximum Gasteiger partial charge on any atom is 0.181 e. The van der Waals surface area contributed by atoms with E-state index < -0.39 is 0 Å². The van der Waals surface area contributed by atoms with Crippen molar-refractivity contribution in [2.45, 2.75) is 20.8 Å². The van der Waals surface area contributed by atoms with E-state index in [1.807, 2.05) is 20.8 Å². The van der Waals surface area contributed by atoms with Crippen molar-refractivity contribution >= 4 is 0 Å². The SMILES string of the molecule is CC.Cc1cc(=O)cc[nH]1. The van der Waals surface area contributed by atoms with Gasteiger partial charge in [-0.1, -0.05) is 13.8 Å². The molecule has 10 heavy (non-hydrogen) atoms. The summed E-state index contributed by atoms with van der Waals surface area (Å²) in [5.74, 6) is 0. The first-order valence-electron chi connectivity index (χ1n) is 3.44. The van der Waals surface area contributed by atoms with Crippen LogP contribution in [0.3, 0.4) is 0 Å². The highest BCUT2D eigenvalue weighted by Crippen LogP contribution is 1.79. The zero-order valence-corrected chi connectivity index (χ0v) is 6.64. The zero-order valence-electron chi connectivity index (χ0n) is 6.64. The van der Waals surface area contributed by atoms with Gasteiger partial charge in [-0.15, -0.1) is 0 Å². The molecule has 0 unspecified atom stereocenters. The molecule has 2 nitrogen and oxygen atoms in total. The van der Waals surface area contributed by atoms with Gasteiger partial charge in [0.2, 0.25) is 0 Å². The molecule has 0 spiro atoms. The van der Waals surface area contributed by atoms with E-state index in [9.17, 15) is 4.79 Å². The van der Waals surface area contributed by atoms with Gasteiger partial charge in [0, 0.05) is 24.0 Å². The van der Waals surface area contributed by atoms with Gasteiger partial charge in [0.15, 0.2) is 5.43 Å². The van der Waals surface area contributed by atoms with Gasteiger partial charge < -0.3 is 4.98 Å². The summed E-state index contributed by atoms with van der Waals surface area (Å²) in [5.41, 5.74) is 0.957. The van der Waals surface area contributed by atoms with Crippen molar-refractivity contribution in [3.8, 4) is 0 Å². The summed E-state index contributed by atoms with van der Waals surface area (Å²) in [6.07, 6.45) is 1.64. The van der Waals surface area contributed by atoms with Crippen molar-refractivity contribution in [1.29, 1.82) is 0 Å². The van der Waals surface area contributed by atoms with Crippen LogP contribution in [0.1, 0.15) is 19.5 Å². The summed E-state index contributed by atoms with van der Waals surface area (Å²) < 4.78 is 0. The maximum atomic E-state index is 10.5. The lowest BCUT2D eigenvalue weighted by Gasteiger charge is -1.85. The molecule has 56 valence electrons. The van der Waals surface area contributed by atoms with E-state index >= 15 is 0 Å². The Bertz CT molecular complexity index is 227. The molecular formula is C8H13NO. The minimum absolute atomic E-state index is 0.0567. The molecule has 1 rings (SSSR count). The Morgan fingerprint density at radius 2 is 2.00 bits per heavy atom. The van der Waals surface area contributed by atoms with E-state index in [0.717, 1.165) is 5.69 Å². The lowest BCUT2D eigenvalue weighted by atomic mass is 10.4. The van der Waals surface area contributed by atoms with E-state index in [-0.39, 0.29) is 5.43 Å². The van der Waals surface area contributed by atoms with Crippen LogP contribution < -0.4 is 5.43 Å². The fraction of sp³-hybridized carbons (Fsp3) is 0.375. The van der Waals surface area contributed by atoms with Crippen molar-refractivity contribution in [1.82, 2.24) is 4.98 Å². The molecule has 0 aromatic carbocycles. The Labute approximate surface area is 60.9 Å². The summed E-state index contributed by atoms with van der Waals surface area (Å²) in [7, 11) is 0. The monoisotopic (exact) mass is 139 g/mol. The standard InChI is InChI=1S/C6H7NO.C2H6/c1-5-4-6(8)2-3-7-5;1-2/h2-4H,1H3,(H,7,8);1-2H3. The Morgan fingerprint density at radius 3 is 2.30 bits per heavy atom. The van der Waals surface area contributed by atoms with Gasteiger partial charge in [-0.05, 0) is 6.92 Å². The van der Waals surface area contributed by atoms with Crippen LogP contribution in [0, 0.1) is 6.92 Å². The zero-order chi connectivity index (χ0) is 7.98. The topological polar surface area (TPSA) is 32.9 Å². The fourth-order valence-corrected chi connectivity index (χ4v) is 0.558. The molecule has 0 aliphatic carbocycles. The van der Waals surface area contributed by atoms with E-state index in [0.29, 0.717) is 0 Å². The Hall–Kier alpha value is -1.05. The molecular weight excluding hydrogens is 126 g/mol. The second-order valence-electron chi connectivity index (χ2n) is 1.71. The van der Waals surface area contributed by atoms with Crippen LogP contribution in [0.5, 0.6) is 0 Å². The average Bonchev–Trinajstić information content (AvgIpc) is 1.91. The average molecular weight is 139 g/mol. The highest BCUT2D eigenvalue weighted by atomic mass is 16.1. The van der Waals surface area contributed by atoms with Crippen molar-refractivity contribution in [3.05, 3.63) is 34.2 Å². The second kappa shape index (κ2) is 4.79. The molecule has 0 aliphatic rings. The number of hydrogen-bond acceptors (Lipinski definition) is 1. The molecule has 0 saturated heterocycles.